The number of likely N-dealkylation sites (N-methyl/N-ethyl adjacent to an activating group) is 1. The van der Waals surface area contributed by atoms with Gasteiger partial charge in [0.05, 0.1) is 6.61 Å². The Morgan fingerprint density at radius 3 is 2.95 bits per heavy atom. The highest BCUT2D eigenvalue weighted by molar-refractivity contribution is 5.24. The van der Waals surface area contributed by atoms with Crippen LogP contribution in [0.1, 0.15) is 22.8 Å². The summed E-state index contributed by atoms with van der Waals surface area (Å²) in [5.74, 6) is 1.36. The third-order valence-electron chi connectivity index (χ3n) is 3.15. The van der Waals surface area contributed by atoms with Crippen molar-refractivity contribution in [1.29, 1.82) is 0 Å². The monoisotopic (exact) mass is 275 g/mol. The normalized spacial score (nSPS) is 12.6. The molecular weight excluding hydrogens is 254 g/mol. The molecule has 0 radical (unpaired) electrons. The van der Waals surface area contributed by atoms with E-state index >= 15 is 0 Å². The van der Waals surface area contributed by atoms with Crippen molar-refractivity contribution in [3.63, 3.8) is 0 Å². The molecule has 0 fully saturated rings. The molecule has 108 valence electrons. The lowest BCUT2D eigenvalue weighted by Crippen LogP contribution is -2.32. The van der Waals surface area contributed by atoms with Gasteiger partial charge in [0, 0.05) is 26.0 Å². The first-order valence-corrected chi connectivity index (χ1v) is 6.74. The molecule has 1 aromatic heterocycles. The molecule has 0 bridgehead atoms. The molecule has 0 saturated carbocycles. The van der Waals surface area contributed by atoms with Gasteiger partial charge in [0.1, 0.15) is 0 Å². The van der Waals surface area contributed by atoms with E-state index in [-0.39, 0.29) is 6.04 Å². The zero-order valence-electron chi connectivity index (χ0n) is 12.2. The third-order valence-corrected chi connectivity index (χ3v) is 3.15. The lowest BCUT2D eigenvalue weighted by Gasteiger charge is -2.11. The van der Waals surface area contributed by atoms with Crippen LogP contribution in [0.25, 0.3) is 0 Å². The summed E-state index contributed by atoms with van der Waals surface area (Å²) < 4.78 is 10.4. The van der Waals surface area contributed by atoms with Gasteiger partial charge in [-0.25, -0.2) is 0 Å². The Bertz CT molecular complexity index is 539. The summed E-state index contributed by atoms with van der Waals surface area (Å²) in [7, 11) is 3.58. The fraction of sp³-hybridized carbons (Fsp3) is 0.467. The molecule has 1 unspecified atom stereocenters. The molecule has 1 heterocycles. The van der Waals surface area contributed by atoms with Gasteiger partial charge in [-0.2, -0.15) is 4.98 Å². The van der Waals surface area contributed by atoms with Crippen LogP contribution < -0.4 is 5.32 Å². The molecule has 0 aliphatic rings. The molecule has 0 aliphatic heterocycles. The van der Waals surface area contributed by atoms with E-state index in [2.05, 4.69) is 40.6 Å². The van der Waals surface area contributed by atoms with Crippen LogP contribution in [0.5, 0.6) is 0 Å². The minimum atomic E-state index is 0.187. The molecule has 1 N–H and O–H groups in total. The number of aromatic nitrogens is 2. The summed E-state index contributed by atoms with van der Waals surface area (Å²) in [4.78, 5) is 4.43. The fourth-order valence-electron chi connectivity index (χ4n) is 2.11. The van der Waals surface area contributed by atoms with E-state index in [1.54, 1.807) is 7.11 Å². The molecule has 0 spiro atoms. The number of ether oxygens (including phenoxy) is 1. The smallest absolute Gasteiger partial charge is 0.228 e. The maximum atomic E-state index is 5.29. The van der Waals surface area contributed by atoms with Gasteiger partial charge in [-0.1, -0.05) is 35.0 Å². The molecule has 2 rings (SSSR count). The highest BCUT2D eigenvalue weighted by atomic mass is 16.5. The van der Waals surface area contributed by atoms with Gasteiger partial charge in [0.25, 0.3) is 0 Å². The Labute approximate surface area is 119 Å². The second kappa shape index (κ2) is 7.17. The van der Waals surface area contributed by atoms with Gasteiger partial charge in [0.15, 0.2) is 5.82 Å². The minimum absolute atomic E-state index is 0.187. The Kier molecular flexibility index (Phi) is 5.26. The first-order valence-electron chi connectivity index (χ1n) is 6.74. The molecule has 5 nitrogen and oxygen atoms in total. The highest BCUT2D eigenvalue weighted by Gasteiger charge is 2.13. The Balaban J connectivity index is 1.98. The Morgan fingerprint density at radius 1 is 1.40 bits per heavy atom. The largest absolute Gasteiger partial charge is 0.383 e. The standard InChI is InChI=1S/C15H21N3O2/c1-11-5-4-6-12(7-11)8-14-17-15(20-18-14)9-13(16-2)10-19-3/h4-7,13,16H,8-10H2,1-3H3. The highest BCUT2D eigenvalue weighted by Crippen LogP contribution is 2.10. The van der Waals surface area contributed by atoms with Crippen LogP contribution in [-0.2, 0) is 17.6 Å². The van der Waals surface area contributed by atoms with E-state index in [4.69, 9.17) is 9.26 Å². The maximum Gasteiger partial charge on any atom is 0.228 e. The number of hydrogen-bond acceptors (Lipinski definition) is 5. The number of hydrogen-bond donors (Lipinski definition) is 1. The average molecular weight is 275 g/mol. The topological polar surface area (TPSA) is 60.2 Å². The van der Waals surface area contributed by atoms with Gasteiger partial charge >= 0.3 is 0 Å². The van der Waals surface area contributed by atoms with Crippen LogP contribution in [0.4, 0.5) is 0 Å². The van der Waals surface area contributed by atoms with E-state index < -0.39 is 0 Å². The molecule has 2 aromatic rings. The van der Waals surface area contributed by atoms with Gasteiger partial charge in [-0.05, 0) is 19.5 Å². The molecule has 20 heavy (non-hydrogen) atoms. The number of rotatable bonds is 7. The zero-order chi connectivity index (χ0) is 14.4. The predicted octanol–water partition coefficient (Wildman–Crippen LogP) is 1.75. The van der Waals surface area contributed by atoms with Crippen molar-refractivity contribution in [1.82, 2.24) is 15.5 Å². The SMILES string of the molecule is CNC(COC)Cc1nc(Cc2cccc(C)c2)no1. The Morgan fingerprint density at radius 2 is 2.25 bits per heavy atom. The quantitative estimate of drug-likeness (QED) is 0.834. The first-order chi connectivity index (χ1) is 9.71. The van der Waals surface area contributed by atoms with Crippen LogP contribution in [0.2, 0.25) is 0 Å². The number of nitrogens with zero attached hydrogens (tertiary/aromatic N) is 2. The van der Waals surface area contributed by atoms with Gasteiger partial charge in [-0.15, -0.1) is 0 Å². The second-order valence-electron chi connectivity index (χ2n) is 4.92. The van der Waals surface area contributed by atoms with Gasteiger partial charge < -0.3 is 14.6 Å². The molecule has 5 heteroatoms. The van der Waals surface area contributed by atoms with E-state index in [1.165, 1.54) is 11.1 Å². The predicted molar refractivity (Wildman–Crippen MR) is 76.7 cm³/mol. The minimum Gasteiger partial charge on any atom is -0.383 e. The molecule has 0 amide bonds. The summed E-state index contributed by atoms with van der Waals surface area (Å²) in [5.41, 5.74) is 2.43. The summed E-state index contributed by atoms with van der Waals surface area (Å²) in [6.07, 6.45) is 1.37. The molecule has 0 saturated heterocycles. The lowest BCUT2D eigenvalue weighted by atomic mass is 10.1. The number of methoxy groups -OCH3 is 1. The Hall–Kier alpha value is -1.72. The van der Waals surface area contributed by atoms with Crippen molar-refractivity contribution in [2.75, 3.05) is 20.8 Å². The summed E-state index contributed by atoms with van der Waals surface area (Å²) >= 11 is 0. The third kappa shape index (κ3) is 4.15. The summed E-state index contributed by atoms with van der Waals surface area (Å²) in [5, 5.41) is 7.20. The molecule has 1 atom stereocenters. The lowest BCUT2D eigenvalue weighted by molar-refractivity contribution is 0.165. The van der Waals surface area contributed by atoms with E-state index in [0.29, 0.717) is 25.3 Å². The summed E-state index contributed by atoms with van der Waals surface area (Å²) in [6.45, 7) is 2.69. The maximum absolute atomic E-state index is 5.29. The number of nitrogens with one attached hydrogen (secondary N) is 1. The van der Waals surface area contributed by atoms with Crippen molar-refractivity contribution >= 4 is 0 Å². The molecular formula is C15H21N3O2. The van der Waals surface area contributed by atoms with Crippen molar-refractivity contribution in [2.24, 2.45) is 0 Å². The van der Waals surface area contributed by atoms with Crippen LogP contribution in [0.3, 0.4) is 0 Å². The van der Waals surface area contributed by atoms with Crippen molar-refractivity contribution in [3.05, 3.63) is 47.1 Å². The van der Waals surface area contributed by atoms with Crippen molar-refractivity contribution in [3.8, 4) is 0 Å². The average Bonchev–Trinajstić information content (AvgIpc) is 2.85. The van der Waals surface area contributed by atoms with Crippen LogP contribution in [0.15, 0.2) is 28.8 Å². The second-order valence-corrected chi connectivity index (χ2v) is 4.92. The zero-order valence-corrected chi connectivity index (χ0v) is 12.2. The van der Waals surface area contributed by atoms with Crippen LogP contribution >= 0.6 is 0 Å². The van der Waals surface area contributed by atoms with Crippen molar-refractivity contribution in [2.45, 2.75) is 25.8 Å². The van der Waals surface area contributed by atoms with Crippen LogP contribution in [-0.4, -0.2) is 36.9 Å². The molecule has 1 aromatic carbocycles. The first kappa shape index (κ1) is 14.7. The molecule has 0 aliphatic carbocycles. The van der Waals surface area contributed by atoms with Gasteiger partial charge in [0.2, 0.25) is 5.89 Å². The van der Waals surface area contributed by atoms with Crippen molar-refractivity contribution < 1.29 is 9.26 Å². The summed E-state index contributed by atoms with van der Waals surface area (Å²) in [6, 6.07) is 8.52. The van der Waals surface area contributed by atoms with E-state index in [1.807, 2.05) is 13.1 Å². The number of aryl methyl sites for hydroxylation is 1. The van der Waals surface area contributed by atoms with E-state index in [9.17, 15) is 0 Å². The number of benzene rings is 1. The fourth-order valence-corrected chi connectivity index (χ4v) is 2.11. The van der Waals surface area contributed by atoms with Gasteiger partial charge in [-0.3, -0.25) is 0 Å². The van der Waals surface area contributed by atoms with Crippen LogP contribution in [0, 0.1) is 6.92 Å². The van der Waals surface area contributed by atoms with E-state index in [0.717, 1.165) is 5.82 Å².